The van der Waals surface area contributed by atoms with Crippen LogP contribution in [0.25, 0.3) is 0 Å². The van der Waals surface area contributed by atoms with Crippen LogP contribution in [0.2, 0.25) is 0 Å². The Labute approximate surface area is 102 Å². The minimum atomic E-state index is -0.457. The number of hydrogen-bond acceptors (Lipinski definition) is 2. The Balaban J connectivity index is 1.75. The Morgan fingerprint density at radius 1 is 1.50 bits per heavy atom. The van der Waals surface area contributed by atoms with Crippen molar-refractivity contribution >= 4 is 17.5 Å². The summed E-state index contributed by atoms with van der Waals surface area (Å²) in [5.74, 6) is -0.0986. The zero-order valence-electron chi connectivity index (χ0n) is 9.80. The summed E-state index contributed by atoms with van der Waals surface area (Å²) in [5, 5.41) is 2.38. The fraction of sp³-hybridized carbons (Fsp3) is 0.917. The van der Waals surface area contributed by atoms with Crippen molar-refractivity contribution in [2.75, 3.05) is 6.54 Å². The zero-order chi connectivity index (χ0) is 11.6. The maximum absolute atomic E-state index is 11.3. The predicted molar refractivity (Wildman–Crippen MR) is 63.6 cm³/mol. The smallest absolute Gasteiger partial charge is 0.237 e. The molecule has 92 valence electrons. The number of halogens is 1. The second kappa shape index (κ2) is 4.92. The van der Waals surface area contributed by atoms with Gasteiger partial charge in [0.1, 0.15) is 5.38 Å². The van der Waals surface area contributed by atoms with E-state index in [2.05, 4.69) is 5.32 Å². The summed E-state index contributed by atoms with van der Waals surface area (Å²) in [5.41, 5.74) is 0.167. The van der Waals surface area contributed by atoms with Crippen LogP contribution in [0.5, 0.6) is 0 Å². The molecule has 1 saturated heterocycles. The number of alkyl halides is 1. The molecule has 2 atom stereocenters. The molecule has 1 aliphatic heterocycles. The summed E-state index contributed by atoms with van der Waals surface area (Å²) >= 11 is 5.69. The van der Waals surface area contributed by atoms with Crippen molar-refractivity contribution in [1.82, 2.24) is 5.32 Å². The Morgan fingerprint density at radius 2 is 2.19 bits per heavy atom. The Bertz CT molecular complexity index is 264. The van der Waals surface area contributed by atoms with Crippen LogP contribution in [0.3, 0.4) is 0 Å². The average Bonchev–Trinajstić information content (AvgIpc) is 2.24. The van der Waals surface area contributed by atoms with Gasteiger partial charge >= 0.3 is 0 Å². The predicted octanol–water partition coefficient (Wildman–Crippen LogP) is 2.22. The summed E-state index contributed by atoms with van der Waals surface area (Å²) in [4.78, 5) is 11.3. The van der Waals surface area contributed by atoms with E-state index in [1.165, 1.54) is 32.1 Å². The van der Waals surface area contributed by atoms with Crippen molar-refractivity contribution < 1.29 is 9.53 Å². The highest BCUT2D eigenvalue weighted by Gasteiger charge is 2.42. The van der Waals surface area contributed by atoms with Crippen LogP contribution in [0, 0.1) is 0 Å². The molecule has 3 nitrogen and oxygen atoms in total. The molecule has 2 unspecified atom stereocenters. The van der Waals surface area contributed by atoms with Crippen molar-refractivity contribution in [3.05, 3.63) is 0 Å². The molecule has 1 heterocycles. The summed E-state index contributed by atoms with van der Waals surface area (Å²) in [6.07, 6.45) is 7.34. The van der Waals surface area contributed by atoms with Gasteiger partial charge in [0.15, 0.2) is 0 Å². The average molecular weight is 246 g/mol. The van der Waals surface area contributed by atoms with Crippen LogP contribution in [0.4, 0.5) is 0 Å². The van der Waals surface area contributed by atoms with Gasteiger partial charge in [0.2, 0.25) is 5.91 Å². The third-order valence-electron chi connectivity index (χ3n) is 3.71. The van der Waals surface area contributed by atoms with Gasteiger partial charge in [-0.25, -0.2) is 0 Å². The largest absolute Gasteiger partial charge is 0.370 e. The van der Waals surface area contributed by atoms with Gasteiger partial charge in [0.25, 0.3) is 0 Å². The fourth-order valence-corrected chi connectivity index (χ4v) is 2.64. The Hall–Kier alpha value is -0.280. The van der Waals surface area contributed by atoms with E-state index in [9.17, 15) is 4.79 Å². The van der Waals surface area contributed by atoms with Crippen LogP contribution in [-0.4, -0.2) is 29.5 Å². The summed E-state index contributed by atoms with van der Waals surface area (Å²) in [7, 11) is 0. The van der Waals surface area contributed by atoms with Gasteiger partial charge in [-0.15, -0.1) is 11.6 Å². The summed E-state index contributed by atoms with van der Waals surface area (Å²) in [6, 6.07) is 0. The second-order valence-electron chi connectivity index (χ2n) is 5.03. The Morgan fingerprint density at radius 3 is 2.75 bits per heavy atom. The van der Waals surface area contributed by atoms with Gasteiger partial charge in [-0.05, 0) is 45.4 Å². The van der Waals surface area contributed by atoms with Crippen LogP contribution >= 0.6 is 11.6 Å². The van der Waals surface area contributed by atoms with Gasteiger partial charge in [0, 0.05) is 6.54 Å². The molecule has 2 rings (SSSR count). The highest BCUT2D eigenvalue weighted by Crippen LogP contribution is 2.43. The molecule has 1 N–H and O–H groups in total. The molecular formula is C12H20ClNO2. The minimum Gasteiger partial charge on any atom is -0.370 e. The number of ether oxygens (including phenoxy) is 1. The molecule has 0 bridgehead atoms. The molecule has 1 spiro atoms. The lowest BCUT2D eigenvalue weighted by atomic mass is 9.74. The van der Waals surface area contributed by atoms with Crippen molar-refractivity contribution in [1.29, 1.82) is 0 Å². The molecule has 0 aromatic carbocycles. The normalized spacial score (nSPS) is 29.5. The molecule has 0 aromatic heterocycles. The molecule has 2 aliphatic rings. The molecule has 1 aliphatic carbocycles. The first-order valence-electron chi connectivity index (χ1n) is 6.21. The number of hydrogen-bond donors (Lipinski definition) is 1. The second-order valence-corrected chi connectivity index (χ2v) is 5.68. The molecule has 4 heteroatoms. The highest BCUT2D eigenvalue weighted by molar-refractivity contribution is 6.30. The van der Waals surface area contributed by atoms with E-state index in [1.54, 1.807) is 6.92 Å². The molecule has 2 fully saturated rings. The highest BCUT2D eigenvalue weighted by atomic mass is 35.5. The van der Waals surface area contributed by atoms with Crippen molar-refractivity contribution in [3.8, 4) is 0 Å². The zero-order valence-corrected chi connectivity index (χ0v) is 10.6. The van der Waals surface area contributed by atoms with E-state index >= 15 is 0 Å². The van der Waals surface area contributed by atoms with E-state index in [1.807, 2.05) is 0 Å². The van der Waals surface area contributed by atoms with Gasteiger partial charge in [-0.3, -0.25) is 4.79 Å². The summed E-state index contributed by atoms with van der Waals surface area (Å²) < 4.78 is 6.08. The first-order chi connectivity index (χ1) is 7.61. The fourth-order valence-electron chi connectivity index (χ4n) is 2.56. The standard InChI is InChI=1S/C12H20ClNO2/c1-9(13)11(15)14-8-10-4-2-5-12(16-10)6-3-7-12/h9-10H,2-8H2,1H3,(H,14,15). The van der Waals surface area contributed by atoms with Crippen LogP contribution in [-0.2, 0) is 9.53 Å². The number of rotatable bonds is 3. The summed E-state index contributed by atoms with van der Waals surface area (Å²) in [6.45, 7) is 2.30. The van der Waals surface area contributed by atoms with E-state index < -0.39 is 5.38 Å². The van der Waals surface area contributed by atoms with Gasteiger partial charge in [-0.2, -0.15) is 0 Å². The lowest BCUT2D eigenvalue weighted by Crippen LogP contribution is -2.49. The van der Waals surface area contributed by atoms with E-state index in [4.69, 9.17) is 16.3 Å². The number of amides is 1. The van der Waals surface area contributed by atoms with Crippen molar-refractivity contribution in [3.63, 3.8) is 0 Å². The van der Waals surface area contributed by atoms with Crippen LogP contribution in [0.1, 0.15) is 45.4 Å². The molecule has 0 radical (unpaired) electrons. The van der Waals surface area contributed by atoms with Gasteiger partial charge in [0.05, 0.1) is 11.7 Å². The molecular weight excluding hydrogens is 226 g/mol. The Kier molecular flexibility index (Phi) is 3.75. The molecule has 1 saturated carbocycles. The number of carbonyl (C=O) groups is 1. The first kappa shape index (κ1) is 12.2. The maximum atomic E-state index is 11.3. The molecule has 1 amide bonds. The number of nitrogens with one attached hydrogen (secondary N) is 1. The van der Waals surface area contributed by atoms with E-state index in [0.717, 1.165) is 6.42 Å². The lowest BCUT2D eigenvalue weighted by Gasteiger charge is -2.47. The number of carbonyl (C=O) groups excluding carboxylic acids is 1. The minimum absolute atomic E-state index is 0.0986. The first-order valence-corrected chi connectivity index (χ1v) is 6.65. The van der Waals surface area contributed by atoms with E-state index in [0.29, 0.717) is 6.54 Å². The quantitative estimate of drug-likeness (QED) is 0.775. The molecule has 16 heavy (non-hydrogen) atoms. The monoisotopic (exact) mass is 245 g/mol. The lowest BCUT2D eigenvalue weighted by molar-refractivity contribution is -0.168. The van der Waals surface area contributed by atoms with E-state index in [-0.39, 0.29) is 17.6 Å². The van der Waals surface area contributed by atoms with Crippen LogP contribution < -0.4 is 5.32 Å². The SMILES string of the molecule is CC(Cl)C(=O)NCC1CCCC2(CCC2)O1. The van der Waals surface area contributed by atoms with Crippen molar-refractivity contribution in [2.24, 2.45) is 0 Å². The third-order valence-corrected chi connectivity index (χ3v) is 3.90. The third kappa shape index (κ3) is 2.69. The topological polar surface area (TPSA) is 38.3 Å². The van der Waals surface area contributed by atoms with Gasteiger partial charge < -0.3 is 10.1 Å². The van der Waals surface area contributed by atoms with Crippen molar-refractivity contribution in [2.45, 2.75) is 62.5 Å². The van der Waals surface area contributed by atoms with Crippen LogP contribution in [0.15, 0.2) is 0 Å². The molecule has 0 aromatic rings. The maximum Gasteiger partial charge on any atom is 0.237 e. The van der Waals surface area contributed by atoms with Gasteiger partial charge in [-0.1, -0.05) is 0 Å².